The van der Waals surface area contributed by atoms with Gasteiger partial charge in [-0.3, -0.25) is 9.59 Å². The van der Waals surface area contributed by atoms with E-state index in [-0.39, 0.29) is 49.0 Å². The maximum absolute atomic E-state index is 12.3. The molecule has 0 amide bonds. The Kier molecular flexibility index (Phi) is 7.90. The van der Waals surface area contributed by atoms with Crippen LogP contribution >= 0.6 is 0 Å². The molecular formula is C31H34O8. The zero-order chi connectivity index (χ0) is 26.8. The molecule has 0 aliphatic carbocycles. The molecule has 2 aromatic carbocycles. The molecule has 8 nitrogen and oxygen atoms in total. The summed E-state index contributed by atoms with van der Waals surface area (Å²) in [6.45, 7) is 2.29. The molecule has 3 fully saturated rings. The van der Waals surface area contributed by atoms with Crippen molar-refractivity contribution in [3.63, 3.8) is 0 Å². The van der Waals surface area contributed by atoms with Crippen molar-refractivity contribution in [2.45, 2.75) is 94.3 Å². The Morgan fingerprint density at radius 3 is 2.10 bits per heavy atom. The first-order valence-electron chi connectivity index (χ1n) is 13.7. The van der Waals surface area contributed by atoms with Crippen LogP contribution in [0.5, 0.6) is 0 Å². The fraction of sp³-hybridized carbons (Fsp3) is 0.484. The lowest BCUT2D eigenvalue weighted by Gasteiger charge is -2.51. The molecule has 4 aliphatic rings. The Bertz CT molecular complexity index is 1170. The first-order chi connectivity index (χ1) is 19.0. The van der Waals surface area contributed by atoms with Gasteiger partial charge in [0.1, 0.15) is 42.4 Å². The summed E-state index contributed by atoms with van der Waals surface area (Å²) >= 11 is 0. The Morgan fingerprint density at radius 1 is 0.795 bits per heavy atom. The van der Waals surface area contributed by atoms with E-state index in [1.807, 2.05) is 72.8 Å². The van der Waals surface area contributed by atoms with Crippen LogP contribution in [0.4, 0.5) is 0 Å². The predicted molar refractivity (Wildman–Crippen MR) is 140 cm³/mol. The summed E-state index contributed by atoms with van der Waals surface area (Å²) < 4.78 is 38.0. The fourth-order valence-electron chi connectivity index (χ4n) is 5.94. The molecule has 6 rings (SSSR count). The van der Waals surface area contributed by atoms with Crippen molar-refractivity contribution in [1.82, 2.24) is 0 Å². The maximum Gasteiger partial charge on any atom is 0.309 e. The third-order valence-electron chi connectivity index (χ3n) is 7.78. The number of benzene rings is 2. The summed E-state index contributed by atoms with van der Waals surface area (Å²) in [5.74, 6) is -0.243. The van der Waals surface area contributed by atoms with Gasteiger partial charge in [0.05, 0.1) is 37.9 Å². The van der Waals surface area contributed by atoms with E-state index in [0.29, 0.717) is 19.6 Å². The second-order valence-electron chi connectivity index (χ2n) is 10.7. The normalized spacial score (nSPS) is 35.3. The molecule has 4 aliphatic heterocycles. The minimum atomic E-state index is -0.522. The summed E-state index contributed by atoms with van der Waals surface area (Å²) in [6.07, 6.45) is 1.06. The average Bonchev–Trinajstić information content (AvgIpc) is 3.20. The standard InChI is InChI=1S/C31H34O8/c1-19(32)14-26-29(34-17-20-8-4-2-5-9-20)31(35-18-21-10-6-3-7-11-21)30-27(37-26)15-24-23(39-30)13-12-22-25(36-24)16-28(33)38-22/h2-13,22-27,29-31H,14-18H2,1H3/t22-,23-,24+,25-,26+,27-,29+,30-,31-/m1/s1. The number of ether oxygens (including phenoxy) is 6. The number of carbonyl (C=O) groups is 2. The van der Waals surface area contributed by atoms with Crippen molar-refractivity contribution in [3.05, 3.63) is 83.9 Å². The Balaban J connectivity index is 1.27. The van der Waals surface area contributed by atoms with E-state index < -0.39 is 30.5 Å². The lowest BCUT2D eigenvalue weighted by atomic mass is 9.86. The molecule has 3 saturated heterocycles. The van der Waals surface area contributed by atoms with Gasteiger partial charge in [-0.1, -0.05) is 66.7 Å². The first-order valence-corrected chi connectivity index (χ1v) is 13.7. The summed E-state index contributed by atoms with van der Waals surface area (Å²) in [5.41, 5.74) is 2.06. The van der Waals surface area contributed by atoms with Gasteiger partial charge in [0, 0.05) is 12.8 Å². The SMILES string of the molecule is CC(=O)C[C@@H]1O[C@@H]2C[C@@H]3O[C@@H]4CC(=O)O[C@@H]4C=C[C@H]3O[C@H]2[C@H](OCc2ccccc2)[C@H]1OCc1ccccc1. The Hall–Kier alpha value is -2.88. The topological polar surface area (TPSA) is 89.5 Å². The molecule has 0 saturated carbocycles. The van der Waals surface area contributed by atoms with E-state index in [1.54, 1.807) is 6.92 Å². The van der Waals surface area contributed by atoms with Crippen LogP contribution in [0, 0.1) is 0 Å². The van der Waals surface area contributed by atoms with Gasteiger partial charge in [0.15, 0.2) is 0 Å². The molecule has 206 valence electrons. The van der Waals surface area contributed by atoms with Crippen LogP contribution in [0.2, 0.25) is 0 Å². The number of hydrogen-bond donors (Lipinski definition) is 0. The number of esters is 1. The van der Waals surface area contributed by atoms with Gasteiger partial charge in [-0.15, -0.1) is 0 Å². The molecule has 0 spiro atoms. The van der Waals surface area contributed by atoms with Gasteiger partial charge >= 0.3 is 5.97 Å². The smallest absolute Gasteiger partial charge is 0.309 e. The second kappa shape index (κ2) is 11.7. The van der Waals surface area contributed by atoms with Gasteiger partial charge in [-0.25, -0.2) is 0 Å². The van der Waals surface area contributed by atoms with Crippen LogP contribution in [0.1, 0.15) is 37.3 Å². The lowest BCUT2D eigenvalue weighted by molar-refractivity contribution is -0.298. The van der Waals surface area contributed by atoms with Crippen molar-refractivity contribution in [3.8, 4) is 0 Å². The number of carbonyl (C=O) groups excluding carboxylic acids is 2. The Labute approximate surface area is 228 Å². The summed E-state index contributed by atoms with van der Waals surface area (Å²) in [4.78, 5) is 24.2. The van der Waals surface area contributed by atoms with E-state index in [9.17, 15) is 9.59 Å². The predicted octanol–water partition coefficient (Wildman–Crippen LogP) is 3.70. The summed E-state index contributed by atoms with van der Waals surface area (Å²) in [5, 5.41) is 0. The minimum absolute atomic E-state index is 0.0151. The highest BCUT2D eigenvalue weighted by molar-refractivity contribution is 5.76. The van der Waals surface area contributed by atoms with Crippen molar-refractivity contribution >= 4 is 11.8 Å². The zero-order valence-electron chi connectivity index (χ0n) is 21.9. The fourth-order valence-corrected chi connectivity index (χ4v) is 5.94. The van der Waals surface area contributed by atoms with Gasteiger partial charge in [-0.05, 0) is 24.1 Å². The monoisotopic (exact) mass is 534 g/mol. The third kappa shape index (κ3) is 6.00. The second-order valence-corrected chi connectivity index (χ2v) is 10.7. The van der Waals surface area contributed by atoms with E-state index in [4.69, 9.17) is 28.4 Å². The van der Waals surface area contributed by atoms with Gasteiger partial charge in [-0.2, -0.15) is 0 Å². The highest BCUT2D eigenvalue weighted by Crippen LogP contribution is 2.40. The summed E-state index contributed by atoms with van der Waals surface area (Å²) in [6, 6.07) is 19.9. The third-order valence-corrected chi connectivity index (χ3v) is 7.78. The lowest BCUT2D eigenvalue weighted by Crippen LogP contribution is -2.64. The number of fused-ring (bicyclic) bond motifs is 3. The molecule has 0 unspecified atom stereocenters. The number of ketones is 1. The molecule has 9 atom stereocenters. The molecule has 0 N–H and O–H groups in total. The molecule has 39 heavy (non-hydrogen) atoms. The molecule has 0 radical (unpaired) electrons. The molecule has 0 aromatic heterocycles. The number of rotatable bonds is 8. The number of hydrogen-bond acceptors (Lipinski definition) is 8. The highest BCUT2D eigenvalue weighted by atomic mass is 16.6. The zero-order valence-corrected chi connectivity index (χ0v) is 21.9. The van der Waals surface area contributed by atoms with Gasteiger partial charge in [0.2, 0.25) is 0 Å². The first kappa shape index (κ1) is 26.3. The van der Waals surface area contributed by atoms with Crippen molar-refractivity contribution in [2.75, 3.05) is 0 Å². The summed E-state index contributed by atoms with van der Waals surface area (Å²) in [7, 11) is 0. The van der Waals surface area contributed by atoms with Crippen LogP contribution in [0.3, 0.4) is 0 Å². The molecule has 0 bridgehead atoms. The average molecular weight is 535 g/mol. The van der Waals surface area contributed by atoms with Gasteiger partial charge in [0.25, 0.3) is 0 Å². The molecule has 4 heterocycles. The molecule has 8 heteroatoms. The van der Waals surface area contributed by atoms with E-state index >= 15 is 0 Å². The largest absolute Gasteiger partial charge is 0.455 e. The number of Topliss-reactive ketones (excluding diaryl/α,β-unsaturated/α-hetero) is 1. The van der Waals surface area contributed by atoms with Gasteiger partial charge < -0.3 is 28.4 Å². The van der Waals surface area contributed by atoms with Crippen molar-refractivity contribution in [1.29, 1.82) is 0 Å². The molecule has 2 aromatic rings. The maximum atomic E-state index is 12.3. The van der Waals surface area contributed by atoms with E-state index in [2.05, 4.69) is 0 Å². The van der Waals surface area contributed by atoms with Crippen LogP contribution in [0.15, 0.2) is 72.8 Å². The Morgan fingerprint density at radius 2 is 1.44 bits per heavy atom. The quantitative estimate of drug-likeness (QED) is 0.374. The molecular weight excluding hydrogens is 500 g/mol. The highest BCUT2D eigenvalue weighted by Gasteiger charge is 2.54. The van der Waals surface area contributed by atoms with E-state index in [0.717, 1.165) is 11.1 Å². The van der Waals surface area contributed by atoms with Crippen LogP contribution < -0.4 is 0 Å². The van der Waals surface area contributed by atoms with E-state index in [1.165, 1.54) is 0 Å². The minimum Gasteiger partial charge on any atom is -0.455 e. The van der Waals surface area contributed by atoms with Crippen LogP contribution in [-0.4, -0.2) is 66.7 Å². The van der Waals surface area contributed by atoms with Crippen LogP contribution in [-0.2, 0) is 51.2 Å². The van der Waals surface area contributed by atoms with Crippen molar-refractivity contribution < 1.29 is 38.0 Å². The van der Waals surface area contributed by atoms with Crippen LogP contribution in [0.25, 0.3) is 0 Å². The van der Waals surface area contributed by atoms with Crippen molar-refractivity contribution in [2.24, 2.45) is 0 Å².